The lowest BCUT2D eigenvalue weighted by Gasteiger charge is -2.13. The number of rotatable bonds is 3. The van der Waals surface area contributed by atoms with Crippen molar-refractivity contribution in [3.8, 4) is 0 Å². The Balaban J connectivity index is 1.85. The number of carbonyl (C=O) groups is 2. The van der Waals surface area contributed by atoms with E-state index in [0.717, 1.165) is 12.8 Å². The monoisotopic (exact) mass is 248 g/mol. The zero-order valence-electron chi connectivity index (χ0n) is 9.93. The van der Waals surface area contributed by atoms with Crippen molar-refractivity contribution in [1.82, 2.24) is 10.6 Å². The fourth-order valence-corrected chi connectivity index (χ4v) is 2.28. The maximum atomic E-state index is 11.9. The largest absolute Gasteiger partial charge is 0.465 e. The van der Waals surface area contributed by atoms with Gasteiger partial charge in [-0.25, -0.2) is 4.79 Å². The van der Waals surface area contributed by atoms with Gasteiger partial charge in [-0.05, 0) is 31.4 Å². The van der Waals surface area contributed by atoms with Crippen LogP contribution in [0.3, 0.4) is 0 Å². The van der Waals surface area contributed by atoms with Crippen LogP contribution >= 0.6 is 0 Å². The Morgan fingerprint density at radius 3 is 2.28 bits per heavy atom. The SMILES string of the molecule is O=C(O)N[C@H]1CC[C@H](NC(=O)c2ccccc2)C1. The number of amides is 2. The highest BCUT2D eigenvalue weighted by Gasteiger charge is 2.26. The van der Waals surface area contributed by atoms with E-state index in [4.69, 9.17) is 5.11 Å². The van der Waals surface area contributed by atoms with Gasteiger partial charge in [0.15, 0.2) is 0 Å². The summed E-state index contributed by atoms with van der Waals surface area (Å²) in [5, 5.41) is 14.0. The highest BCUT2D eigenvalue weighted by molar-refractivity contribution is 5.94. The topological polar surface area (TPSA) is 78.4 Å². The molecule has 2 rings (SSSR count). The van der Waals surface area contributed by atoms with Crippen molar-refractivity contribution in [3.63, 3.8) is 0 Å². The van der Waals surface area contributed by atoms with Gasteiger partial charge in [0.1, 0.15) is 0 Å². The van der Waals surface area contributed by atoms with Crippen LogP contribution in [-0.4, -0.2) is 29.2 Å². The lowest BCUT2D eigenvalue weighted by molar-refractivity contribution is 0.0937. The minimum atomic E-state index is -1.00. The molecule has 0 aromatic heterocycles. The third kappa shape index (κ3) is 3.23. The Morgan fingerprint density at radius 2 is 1.67 bits per heavy atom. The smallest absolute Gasteiger partial charge is 0.404 e. The van der Waals surface area contributed by atoms with Crippen molar-refractivity contribution in [2.75, 3.05) is 0 Å². The number of carboxylic acid groups (broad SMARTS) is 1. The van der Waals surface area contributed by atoms with Crippen molar-refractivity contribution in [3.05, 3.63) is 35.9 Å². The van der Waals surface area contributed by atoms with Gasteiger partial charge < -0.3 is 15.7 Å². The number of carbonyl (C=O) groups excluding carboxylic acids is 1. The van der Waals surface area contributed by atoms with Crippen molar-refractivity contribution in [2.45, 2.75) is 31.3 Å². The third-order valence-electron chi connectivity index (χ3n) is 3.13. The van der Waals surface area contributed by atoms with Gasteiger partial charge >= 0.3 is 6.09 Å². The average Bonchev–Trinajstić information content (AvgIpc) is 2.76. The van der Waals surface area contributed by atoms with Crippen LogP contribution in [0.2, 0.25) is 0 Å². The molecule has 0 bridgehead atoms. The van der Waals surface area contributed by atoms with Gasteiger partial charge in [0.25, 0.3) is 5.91 Å². The van der Waals surface area contributed by atoms with Crippen molar-refractivity contribution < 1.29 is 14.7 Å². The average molecular weight is 248 g/mol. The Kier molecular flexibility index (Phi) is 3.82. The Morgan fingerprint density at radius 1 is 1.06 bits per heavy atom. The van der Waals surface area contributed by atoms with Crippen LogP contribution in [0.1, 0.15) is 29.6 Å². The molecule has 0 unspecified atom stereocenters. The molecule has 0 spiro atoms. The normalized spacial score (nSPS) is 22.4. The van der Waals surface area contributed by atoms with Gasteiger partial charge in [0.05, 0.1) is 0 Å². The summed E-state index contributed by atoms with van der Waals surface area (Å²) in [4.78, 5) is 22.4. The fraction of sp³-hybridized carbons (Fsp3) is 0.385. The molecule has 1 fully saturated rings. The molecule has 96 valence electrons. The van der Waals surface area contributed by atoms with Gasteiger partial charge in [-0.1, -0.05) is 18.2 Å². The van der Waals surface area contributed by atoms with E-state index in [0.29, 0.717) is 12.0 Å². The predicted molar refractivity (Wildman–Crippen MR) is 66.5 cm³/mol. The van der Waals surface area contributed by atoms with Crippen molar-refractivity contribution in [1.29, 1.82) is 0 Å². The molecular weight excluding hydrogens is 232 g/mol. The molecule has 0 heterocycles. The summed E-state index contributed by atoms with van der Waals surface area (Å²) >= 11 is 0. The van der Waals surface area contributed by atoms with Crippen LogP contribution in [0.5, 0.6) is 0 Å². The molecule has 0 saturated heterocycles. The van der Waals surface area contributed by atoms with E-state index in [1.165, 1.54) is 0 Å². The molecule has 1 aliphatic rings. The summed E-state index contributed by atoms with van der Waals surface area (Å²) in [5.41, 5.74) is 0.632. The highest BCUT2D eigenvalue weighted by Crippen LogP contribution is 2.19. The molecule has 1 saturated carbocycles. The summed E-state index contributed by atoms with van der Waals surface area (Å²) in [7, 11) is 0. The lowest BCUT2D eigenvalue weighted by Crippen LogP contribution is -2.36. The summed E-state index contributed by atoms with van der Waals surface area (Å²) in [6.45, 7) is 0. The molecule has 2 amide bonds. The van der Waals surface area contributed by atoms with Gasteiger partial charge in [0.2, 0.25) is 0 Å². The molecule has 1 aromatic carbocycles. The van der Waals surface area contributed by atoms with Crippen LogP contribution in [0.15, 0.2) is 30.3 Å². The first kappa shape index (κ1) is 12.4. The Bertz CT molecular complexity index is 433. The molecule has 1 aliphatic carbocycles. The zero-order valence-corrected chi connectivity index (χ0v) is 9.93. The van der Waals surface area contributed by atoms with Crippen molar-refractivity contribution in [2.24, 2.45) is 0 Å². The van der Waals surface area contributed by atoms with Crippen LogP contribution < -0.4 is 10.6 Å². The standard InChI is InChI=1S/C13H16N2O3/c16-12(9-4-2-1-3-5-9)14-10-6-7-11(8-10)15-13(17)18/h1-5,10-11,15H,6-8H2,(H,14,16)(H,17,18)/t10-,11-/m0/s1. The summed E-state index contributed by atoms with van der Waals surface area (Å²) in [6, 6.07) is 9.02. The van der Waals surface area contributed by atoms with E-state index < -0.39 is 6.09 Å². The second-order valence-electron chi connectivity index (χ2n) is 4.50. The van der Waals surface area contributed by atoms with E-state index in [9.17, 15) is 9.59 Å². The summed E-state index contributed by atoms with van der Waals surface area (Å²) < 4.78 is 0. The number of nitrogens with one attached hydrogen (secondary N) is 2. The highest BCUT2D eigenvalue weighted by atomic mass is 16.4. The van der Waals surface area contributed by atoms with Crippen LogP contribution in [-0.2, 0) is 0 Å². The minimum Gasteiger partial charge on any atom is -0.465 e. The first-order chi connectivity index (χ1) is 8.65. The minimum absolute atomic E-state index is 0.0505. The summed E-state index contributed by atoms with van der Waals surface area (Å²) in [5.74, 6) is -0.100. The van der Waals surface area contributed by atoms with E-state index in [1.807, 2.05) is 18.2 Å². The van der Waals surface area contributed by atoms with E-state index in [1.54, 1.807) is 12.1 Å². The maximum absolute atomic E-state index is 11.9. The molecule has 1 aromatic rings. The Hall–Kier alpha value is -2.04. The zero-order chi connectivity index (χ0) is 13.0. The first-order valence-corrected chi connectivity index (χ1v) is 6.00. The number of hydrogen-bond donors (Lipinski definition) is 3. The van der Waals surface area contributed by atoms with Gasteiger partial charge in [-0.3, -0.25) is 4.79 Å². The molecule has 18 heavy (non-hydrogen) atoms. The molecule has 2 atom stereocenters. The first-order valence-electron chi connectivity index (χ1n) is 6.00. The van der Waals surface area contributed by atoms with Crippen molar-refractivity contribution >= 4 is 12.0 Å². The van der Waals surface area contributed by atoms with Gasteiger partial charge in [0, 0.05) is 17.6 Å². The van der Waals surface area contributed by atoms with Crippen LogP contribution in [0.4, 0.5) is 4.79 Å². The van der Waals surface area contributed by atoms with E-state index in [2.05, 4.69) is 10.6 Å². The molecule has 0 aliphatic heterocycles. The van der Waals surface area contributed by atoms with Crippen LogP contribution in [0.25, 0.3) is 0 Å². The quantitative estimate of drug-likeness (QED) is 0.760. The second kappa shape index (κ2) is 5.53. The van der Waals surface area contributed by atoms with Crippen LogP contribution in [0, 0.1) is 0 Å². The molecule has 0 radical (unpaired) electrons. The molecular formula is C13H16N2O3. The molecule has 3 N–H and O–H groups in total. The fourth-order valence-electron chi connectivity index (χ4n) is 2.28. The Labute approximate surface area is 105 Å². The second-order valence-corrected chi connectivity index (χ2v) is 4.50. The van der Waals surface area contributed by atoms with Gasteiger partial charge in [-0.15, -0.1) is 0 Å². The molecule has 5 nitrogen and oxygen atoms in total. The maximum Gasteiger partial charge on any atom is 0.404 e. The number of benzene rings is 1. The van der Waals surface area contributed by atoms with E-state index >= 15 is 0 Å². The van der Waals surface area contributed by atoms with E-state index in [-0.39, 0.29) is 18.0 Å². The molecule has 5 heteroatoms. The number of hydrogen-bond acceptors (Lipinski definition) is 2. The van der Waals surface area contributed by atoms with Gasteiger partial charge in [-0.2, -0.15) is 0 Å². The predicted octanol–water partition coefficient (Wildman–Crippen LogP) is 1.61. The lowest BCUT2D eigenvalue weighted by atomic mass is 10.2. The third-order valence-corrected chi connectivity index (χ3v) is 3.13. The summed E-state index contributed by atoms with van der Waals surface area (Å²) in [6.07, 6.45) is 1.23.